The summed E-state index contributed by atoms with van der Waals surface area (Å²) in [6.07, 6.45) is 0. The first-order valence-electron chi connectivity index (χ1n) is 3.73. The summed E-state index contributed by atoms with van der Waals surface area (Å²) in [6.45, 7) is 4.91. The van der Waals surface area contributed by atoms with Crippen LogP contribution in [0.4, 0.5) is 0 Å². The van der Waals surface area contributed by atoms with E-state index in [0.29, 0.717) is 13.2 Å². The fourth-order valence-corrected chi connectivity index (χ4v) is 0.562. The normalized spacial score (nSPS) is 16.0. The third kappa shape index (κ3) is 2.87. The van der Waals surface area contributed by atoms with Gasteiger partial charge in [-0.25, -0.2) is 0 Å². The van der Waals surface area contributed by atoms with Gasteiger partial charge in [0.15, 0.2) is 0 Å². The number of nitriles is 1. The van der Waals surface area contributed by atoms with Crippen LogP contribution in [0.3, 0.4) is 0 Å². The second kappa shape index (κ2) is 4.32. The van der Waals surface area contributed by atoms with Crippen molar-refractivity contribution in [3.05, 3.63) is 0 Å². The zero-order valence-electron chi connectivity index (χ0n) is 7.72. The number of hydrogen-bond donors (Lipinski definition) is 0. The highest BCUT2D eigenvalue weighted by atomic mass is 16.5. The van der Waals surface area contributed by atoms with E-state index in [-0.39, 0.29) is 0 Å². The second-order valence-corrected chi connectivity index (χ2v) is 2.92. The van der Waals surface area contributed by atoms with Crippen molar-refractivity contribution in [2.75, 3.05) is 27.3 Å². The van der Waals surface area contributed by atoms with Crippen LogP contribution in [0.1, 0.15) is 13.8 Å². The summed E-state index contributed by atoms with van der Waals surface area (Å²) in [5.74, 6) is 0. The number of rotatable bonds is 4. The smallest absolute Gasteiger partial charge is 0.129 e. The molecule has 64 valence electrons. The third-order valence-corrected chi connectivity index (χ3v) is 1.82. The van der Waals surface area contributed by atoms with Gasteiger partial charge in [0.2, 0.25) is 0 Å². The maximum atomic E-state index is 8.81. The van der Waals surface area contributed by atoms with Crippen LogP contribution in [0.5, 0.6) is 0 Å². The topological polar surface area (TPSA) is 36.3 Å². The molecule has 1 atom stereocenters. The highest BCUT2D eigenvalue weighted by Gasteiger charge is 2.26. The van der Waals surface area contributed by atoms with Crippen molar-refractivity contribution < 1.29 is 4.74 Å². The molecule has 0 rings (SSSR count). The highest BCUT2D eigenvalue weighted by Crippen LogP contribution is 2.09. The van der Waals surface area contributed by atoms with Crippen molar-refractivity contribution in [2.45, 2.75) is 19.4 Å². The first-order valence-corrected chi connectivity index (χ1v) is 3.73. The van der Waals surface area contributed by atoms with Crippen molar-refractivity contribution in [3.8, 4) is 6.07 Å². The predicted molar refractivity (Wildman–Crippen MR) is 44.2 cm³/mol. The van der Waals surface area contributed by atoms with Crippen LogP contribution in [0, 0.1) is 11.3 Å². The lowest BCUT2D eigenvalue weighted by Crippen LogP contribution is -2.44. The summed E-state index contributed by atoms with van der Waals surface area (Å²) >= 11 is 0. The SMILES string of the molecule is CCOCC(C)(C#N)N(C)C. The molecular formula is C8H16N2O. The summed E-state index contributed by atoms with van der Waals surface area (Å²) < 4.78 is 5.19. The minimum Gasteiger partial charge on any atom is -0.379 e. The van der Waals surface area contributed by atoms with Crippen molar-refractivity contribution in [3.63, 3.8) is 0 Å². The summed E-state index contributed by atoms with van der Waals surface area (Å²) in [4.78, 5) is 1.86. The average molecular weight is 156 g/mol. The Morgan fingerprint density at radius 1 is 1.55 bits per heavy atom. The van der Waals surface area contributed by atoms with E-state index in [0.717, 1.165) is 0 Å². The molecule has 0 aliphatic heterocycles. The van der Waals surface area contributed by atoms with Gasteiger partial charge in [0.05, 0.1) is 12.7 Å². The van der Waals surface area contributed by atoms with Crippen molar-refractivity contribution in [1.29, 1.82) is 5.26 Å². The van der Waals surface area contributed by atoms with Gasteiger partial charge in [0.25, 0.3) is 0 Å². The fraction of sp³-hybridized carbons (Fsp3) is 0.875. The van der Waals surface area contributed by atoms with Gasteiger partial charge in [0.1, 0.15) is 5.54 Å². The molecule has 0 amide bonds. The van der Waals surface area contributed by atoms with Gasteiger partial charge in [0, 0.05) is 6.61 Å². The lowest BCUT2D eigenvalue weighted by atomic mass is 10.1. The summed E-state index contributed by atoms with van der Waals surface area (Å²) in [5.41, 5.74) is -0.490. The van der Waals surface area contributed by atoms with Gasteiger partial charge >= 0.3 is 0 Å². The first-order chi connectivity index (χ1) is 5.06. The van der Waals surface area contributed by atoms with E-state index < -0.39 is 5.54 Å². The number of hydrogen-bond acceptors (Lipinski definition) is 3. The number of nitrogens with zero attached hydrogens (tertiary/aromatic N) is 2. The molecule has 0 radical (unpaired) electrons. The molecule has 0 aliphatic carbocycles. The van der Waals surface area contributed by atoms with Crippen LogP contribution >= 0.6 is 0 Å². The Balaban J connectivity index is 4.03. The molecule has 3 heteroatoms. The third-order valence-electron chi connectivity index (χ3n) is 1.82. The lowest BCUT2D eigenvalue weighted by Gasteiger charge is -2.28. The Labute approximate surface area is 68.6 Å². The first kappa shape index (κ1) is 10.4. The maximum Gasteiger partial charge on any atom is 0.129 e. The summed E-state index contributed by atoms with van der Waals surface area (Å²) in [6, 6.07) is 2.21. The minimum atomic E-state index is -0.490. The van der Waals surface area contributed by atoms with Crippen molar-refractivity contribution in [1.82, 2.24) is 4.90 Å². The van der Waals surface area contributed by atoms with Crippen LogP contribution in [-0.2, 0) is 4.74 Å². The minimum absolute atomic E-state index is 0.465. The largest absolute Gasteiger partial charge is 0.379 e. The molecule has 0 aromatic rings. The Bertz CT molecular complexity index is 151. The van der Waals surface area contributed by atoms with E-state index in [1.54, 1.807) is 0 Å². The van der Waals surface area contributed by atoms with Crippen molar-refractivity contribution >= 4 is 0 Å². The second-order valence-electron chi connectivity index (χ2n) is 2.92. The van der Waals surface area contributed by atoms with E-state index in [1.165, 1.54) is 0 Å². The maximum absolute atomic E-state index is 8.81. The van der Waals surface area contributed by atoms with E-state index in [2.05, 4.69) is 6.07 Å². The zero-order chi connectivity index (χ0) is 8.91. The molecule has 0 aromatic carbocycles. The monoisotopic (exact) mass is 156 g/mol. The number of likely N-dealkylation sites (N-methyl/N-ethyl adjacent to an activating group) is 1. The molecular weight excluding hydrogens is 140 g/mol. The molecule has 0 heterocycles. The van der Waals surface area contributed by atoms with E-state index in [1.807, 2.05) is 32.8 Å². The number of ether oxygens (including phenoxy) is 1. The Morgan fingerprint density at radius 3 is 2.36 bits per heavy atom. The van der Waals surface area contributed by atoms with E-state index in [4.69, 9.17) is 10.00 Å². The van der Waals surface area contributed by atoms with E-state index in [9.17, 15) is 0 Å². The average Bonchev–Trinajstić information content (AvgIpc) is 2.00. The van der Waals surface area contributed by atoms with Gasteiger partial charge in [-0.1, -0.05) is 0 Å². The van der Waals surface area contributed by atoms with Gasteiger partial charge in [-0.15, -0.1) is 0 Å². The molecule has 0 aromatic heterocycles. The van der Waals surface area contributed by atoms with Crippen LogP contribution in [0.15, 0.2) is 0 Å². The molecule has 0 saturated carbocycles. The quantitative estimate of drug-likeness (QED) is 0.606. The predicted octanol–water partition coefficient (Wildman–Crippen LogP) is 0.867. The fourth-order valence-electron chi connectivity index (χ4n) is 0.562. The molecule has 0 bridgehead atoms. The molecule has 1 unspecified atom stereocenters. The lowest BCUT2D eigenvalue weighted by molar-refractivity contribution is 0.0624. The van der Waals surface area contributed by atoms with Crippen LogP contribution in [0.2, 0.25) is 0 Å². The van der Waals surface area contributed by atoms with Gasteiger partial charge in [-0.05, 0) is 27.9 Å². The Kier molecular flexibility index (Phi) is 4.09. The molecule has 3 nitrogen and oxygen atoms in total. The standard InChI is InChI=1S/C8H16N2O/c1-5-11-7-8(2,6-9)10(3)4/h5,7H2,1-4H3. The van der Waals surface area contributed by atoms with Crippen LogP contribution in [0.25, 0.3) is 0 Å². The summed E-state index contributed by atoms with van der Waals surface area (Å²) in [5, 5.41) is 8.81. The van der Waals surface area contributed by atoms with Crippen molar-refractivity contribution in [2.24, 2.45) is 0 Å². The molecule has 0 fully saturated rings. The Hall–Kier alpha value is -0.590. The zero-order valence-corrected chi connectivity index (χ0v) is 7.72. The van der Waals surface area contributed by atoms with E-state index >= 15 is 0 Å². The van der Waals surface area contributed by atoms with Gasteiger partial charge in [-0.3, -0.25) is 4.90 Å². The molecule has 11 heavy (non-hydrogen) atoms. The molecule has 0 spiro atoms. The molecule has 0 N–H and O–H groups in total. The van der Waals surface area contributed by atoms with Crippen LogP contribution < -0.4 is 0 Å². The Morgan fingerprint density at radius 2 is 2.09 bits per heavy atom. The van der Waals surface area contributed by atoms with Gasteiger partial charge < -0.3 is 4.74 Å². The molecule has 0 saturated heterocycles. The summed E-state index contributed by atoms with van der Waals surface area (Å²) in [7, 11) is 3.75. The molecule has 0 aliphatic rings. The van der Waals surface area contributed by atoms with Crippen LogP contribution in [-0.4, -0.2) is 37.7 Å². The van der Waals surface area contributed by atoms with Gasteiger partial charge in [-0.2, -0.15) is 5.26 Å². The highest BCUT2D eigenvalue weighted by molar-refractivity contribution is 5.03.